The number of hydrogen-bond acceptors (Lipinski definition) is 6. The average Bonchev–Trinajstić information content (AvgIpc) is 2.26. The largest absolute Gasteiger partial charge is 0.358 e. The molecule has 0 spiro atoms. The van der Waals surface area contributed by atoms with E-state index in [-0.39, 0.29) is 5.75 Å². The molecule has 1 N–H and O–H groups in total. The van der Waals surface area contributed by atoms with Crippen LogP contribution in [0.5, 0.6) is 0 Å². The van der Waals surface area contributed by atoms with Gasteiger partial charge in [-0.1, -0.05) is 0 Å². The predicted molar refractivity (Wildman–Crippen MR) is 69.2 cm³/mol. The van der Waals surface area contributed by atoms with Crippen LogP contribution in [-0.2, 0) is 9.84 Å². The van der Waals surface area contributed by atoms with Gasteiger partial charge in [-0.2, -0.15) is 4.98 Å². The lowest BCUT2D eigenvalue weighted by molar-refractivity contribution is 0.601. The quantitative estimate of drug-likeness (QED) is 0.795. The molecule has 0 radical (unpaired) electrons. The molecule has 0 atom stereocenters. The highest BCUT2D eigenvalue weighted by atomic mass is 32.2. The van der Waals surface area contributed by atoms with Crippen LogP contribution in [0.15, 0.2) is 12.3 Å². The number of hydrogen-bond donors (Lipinski definition) is 1. The van der Waals surface area contributed by atoms with E-state index in [9.17, 15) is 8.42 Å². The Hall–Kier alpha value is -1.37. The minimum atomic E-state index is -2.95. The number of nitrogens with zero attached hydrogens (tertiary/aromatic N) is 3. The van der Waals surface area contributed by atoms with E-state index in [0.29, 0.717) is 18.3 Å². The summed E-state index contributed by atoms with van der Waals surface area (Å²) in [6.07, 6.45) is 2.88. The van der Waals surface area contributed by atoms with E-state index in [0.717, 1.165) is 6.54 Å². The molecule has 0 saturated heterocycles. The topological polar surface area (TPSA) is 75.2 Å². The van der Waals surface area contributed by atoms with Crippen LogP contribution in [0.1, 0.15) is 6.92 Å². The molecule has 96 valence electrons. The molecule has 1 heterocycles. The van der Waals surface area contributed by atoms with Crippen LogP contribution in [-0.4, -0.2) is 50.5 Å². The van der Waals surface area contributed by atoms with Crippen molar-refractivity contribution in [1.82, 2.24) is 9.97 Å². The maximum atomic E-state index is 11.1. The third-order valence-corrected chi connectivity index (χ3v) is 3.09. The molecular weight excluding hydrogens is 240 g/mol. The normalized spacial score (nSPS) is 11.2. The van der Waals surface area contributed by atoms with Gasteiger partial charge < -0.3 is 10.2 Å². The summed E-state index contributed by atoms with van der Waals surface area (Å²) < 4.78 is 22.1. The van der Waals surface area contributed by atoms with Crippen molar-refractivity contribution >= 4 is 21.6 Å². The van der Waals surface area contributed by atoms with E-state index in [4.69, 9.17) is 0 Å². The minimum Gasteiger partial charge on any atom is -0.358 e. The molecule has 0 aliphatic rings. The van der Waals surface area contributed by atoms with Crippen LogP contribution in [0.2, 0.25) is 0 Å². The summed E-state index contributed by atoms with van der Waals surface area (Å²) in [5.41, 5.74) is 0. The SMILES string of the molecule is CCNc1nccc(N(C)CCS(C)(=O)=O)n1. The number of nitrogens with one attached hydrogen (secondary N) is 1. The van der Waals surface area contributed by atoms with E-state index in [1.807, 2.05) is 14.0 Å². The summed E-state index contributed by atoms with van der Waals surface area (Å²) in [7, 11) is -1.14. The van der Waals surface area contributed by atoms with Gasteiger partial charge in [-0.15, -0.1) is 0 Å². The molecule has 0 unspecified atom stereocenters. The molecule has 0 amide bonds. The Labute approximate surface area is 102 Å². The molecule has 17 heavy (non-hydrogen) atoms. The fraction of sp³-hybridized carbons (Fsp3) is 0.600. The lowest BCUT2D eigenvalue weighted by Gasteiger charge is -2.17. The molecule has 1 aromatic rings. The van der Waals surface area contributed by atoms with Crippen molar-refractivity contribution in [2.45, 2.75) is 6.92 Å². The van der Waals surface area contributed by atoms with Crippen molar-refractivity contribution in [2.24, 2.45) is 0 Å². The smallest absolute Gasteiger partial charge is 0.224 e. The highest BCUT2D eigenvalue weighted by molar-refractivity contribution is 7.90. The van der Waals surface area contributed by atoms with Crippen LogP contribution >= 0.6 is 0 Å². The van der Waals surface area contributed by atoms with E-state index in [2.05, 4.69) is 15.3 Å². The lowest BCUT2D eigenvalue weighted by atomic mass is 10.5. The van der Waals surface area contributed by atoms with Gasteiger partial charge in [0.25, 0.3) is 0 Å². The zero-order chi connectivity index (χ0) is 12.9. The van der Waals surface area contributed by atoms with Crippen molar-refractivity contribution < 1.29 is 8.42 Å². The summed E-state index contributed by atoms with van der Waals surface area (Å²) in [4.78, 5) is 10.1. The number of anilines is 2. The van der Waals surface area contributed by atoms with E-state index < -0.39 is 9.84 Å². The zero-order valence-corrected chi connectivity index (χ0v) is 11.2. The molecule has 0 bridgehead atoms. The fourth-order valence-electron chi connectivity index (χ4n) is 1.22. The Bertz CT molecular complexity index is 461. The molecular formula is C10H18N4O2S. The molecule has 7 heteroatoms. The highest BCUT2D eigenvalue weighted by Gasteiger charge is 2.08. The van der Waals surface area contributed by atoms with Crippen LogP contribution in [0.4, 0.5) is 11.8 Å². The van der Waals surface area contributed by atoms with Crippen LogP contribution in [0, 0.1) is 0 Å². The number of sulfone groups is 1. The number of aromatic nitrogens is 2. The van der Waals surface area contributed by atoms with Crippen molar-refractivity contribution in [3.63, 3.8) is 0 Å². The Morgan fingerprint density at radius 2 is 2.18 bits per heavy atom. The lowest BCUT2D eigenvalue weighted by Crippen LogP contribution is -2.25. The Balaban J connectivity index is 2.68. The van der Waals surface area contributed by atoms with Gasteiger partial charge in [0.1, 0.15) is 15.7 Å². The van der Waals surface area contributed by atoms with E-state index in [1.165, 1.54) is 6.26 Å². The first-order valence-electron chi connectivity index (χ1n) is 5.38. The van der Waals surface area contributed by atoms with E-state index in [1.54, 1.807) is 17.2 Å². The number of rotatable bonds is 6. The monoisotopic (exact) mass is 258 g/mol. The van der Waals surface area contributed by atoms with Crippen molar-refractivity contribution in [3.8, 4) is 0 Å². The maximum absolute atomic E-state index is 11.1. The van der Waals surface area contributed by atoms with E-state index >= 15 is 0 Å². The van der Waals surface area contributed by atoms with Crippen molar-refractivity contribution in [1.29, 1.82) is 0 Å². The molecule has 0 aliphatic carbocycles. The second-order valence-corrected chi connectivity index (χ2v) is 6.08. The molecule has 6 nitrogen and oxygen atoms in total. The summed E-state index contributed by atoms with van der Waals surface area (Å²) in [5.74, 6) is 1.38. The van der Waals surface area contributed by atoms with Crippen LogP contribution < -0.4 is 10.2 Å². The second-order valence-electron chi connectivity index (χ2n) is 3.82. The summed E-state index contributed by atoms with van der Waals surface area (Å²) in [6.45, 7) is 3.13. The van der Waals surface area contributed by atoms with Gasteiger partial charge in [-0.05, 0) is 13.0 Å². The van der Waals surface area contributed by atoms with Gasteiger partial charge in [0.2, 0.25) is 5.95 Å². The van der Waals surface area contributed by atoms with Crippen LogP contribution in [0.25, 0.3) is 0 Å². The Morgan fingerprint density at radius 1 is 1.47 bits per heavy atom. The van der Waals surface area contributed by atoms with Gasteiger partial charge >= 0.3 is 0 Å². The predicted octanol–water partition coefficient (Wildman–Crippen LogP) is 0.389. The van der Waals surface area contributed by atoms with Crippen molar-refractivity contribution in [3.05, 3.63) is 12.3 Å². The van der Waals surface area contributed by atoms with Crippen LogP contribution in [0.3, 0.4) is 0 Å². The first-order valence-corrected chi connectivity index (χ1v) is 7.44. The van der Waals surface area contributed by atoms with Gasteiger partial charge in [0.05, 0.1) is 5.75 Å². The maximum Gasteiger partial charge on any atom is 0.224 e. The van der Waals surface area contributed by atoms with Gasteiger partial charge in [0.15, 0.2) is 0 Å². The standard InChI is InChI=1S/C10H18N4O2S/c1-4-11-10-12-6-5-9(13-10)14(2)7-8-17(3,15)16/h5-6H,4,7-8H2,1-3H3,(H,11,12,13). The Morgan fingerprint density at radius 3 is 2.76 bits per heavy atom. The first kappa shape index (κ1) is 13.7. The average molecular weight is 258 g/mol. The van der Waals surface area contributed by atoms with Gasteiger partial charge in [-0.25, -0.2) is 13.4 Å². The Kier molecular flexibility index (Phi) is 4.68. The summed E-state index contributed by atoms with van der Waals surface area (Å²) >= 11 is 0. The third-order valence-electron chi connectivity index (χ3n) is 2.16. The van der Waals surface area contributed by atoms with Gasteiger partial charge in [0, 0.05) is 32.6 Å². The second kappa shape index (κ2) is 5.81. The zero-order valence-electron chi connectivity index (χ0n) is 10.3. The van der Waals surface area contributed by atoms with Gasteiger partial charge in [-0.3, -0.25) is 0 Å². The summed E-state index contributed by atoms with van der Waals surface area (Å²) in [6, 6.07) is 1.75. The van der Waals surface area contributed by atoms with Crippen molar-refractivity contribution in [2.75, 3.05) is 42.4 Å². The molecule has 1 rings (SSSR count). The molecule has 0 saturated carbocycles. The first-order chi connectivity index (χ1) is 7.92. The fourth-order valence-corrected chi connectivity index (χ4v) is 1.83. The molecule has 0 fully saturated rings. The highest BCUT2D eigenvalue weighted by Crippen LogP contribution is 2.10. The molecule has 0 aromatic carbocycles. The minimum absolute atomic E-state index is 0.115. The third kappa shape index (κ3) is 4.99. The summed E-state index contributed by atoms with van der Waals surface area (Å²) in [5, 5.41) is 3.01. The molecule has 0 aliphatic heterocycles. The molecule has 1 aromatic heterocycles.